The number of carbonyl (C=O) groups excluding carboxylic acids is 1. The van der Waals surface area contributed by atoms with Crippen LogP contribution in [0.25, 0.3) is 16.8 Å². The molecule has 4 rings (SSSR count). The van der Waals surface area contributed by atoms with Gasteiger partial charge in [0.2, 0.25) is 0 Å². The fourth-order valence-corrected chi connectivity index (χ4v) is 4.37. The number of aryl methyl sites for hydroxylation is 1. The number of hydrogen-bond donors (Lipinski definition) is 1. The largest absolute Gasteiger partial charge is 0.490 e. The number of anilines is 1. The molecule has 180 valence electrons. The molecule has 0 spiro atoms. The number of carbonyl (C=O) groups is 1. The second-order valence-corrected chi connectivity index (χ2v) is 9.08. The Morgan fingerprint density at radius 2 is 1.81 bits per heavy atom. The van der Waals surface area contributed by atoms with E-state index in [1.807, 2.05) is 56.3 Å². The SMILES string of the molecule is CCOc1cc(/C=C(\C#N)C(=O)Nc2cccc(C)c2)cc(Br)c1OCc1ccc2ccccc2c1. The molecule has 0 saturated heterocycles. The van der Waals surface area contributed by atoms with Crippen molar-refractivity contribution < 1.29 is 14.3 Å². The van der Waals surface area contributed by atoms with Crippen molar-refractivity contribution in [2.75, 3.05) is 11.9 Å². The first kappa shape index (κ1) is 25.0. The molecule has 4 aromatic rings. The molecule has 0 unspecified atom stereocenters. The van der Waals surface area contributed by atoms with Crippen molar-refractivity contribution in [1.29, 1.82) is 5.26 Å². The lowest BCUT2D eigenvalue weighted by molar-refractivity contribution is -0.112. The van der Waals surface area contributed by atoms with Crippen LogP contribution in [0.2, 0.25) is 0 Å². The van der Waals surface area contributed by atoms with Gasteiger partial charge in [-0.05, 0) is 93.6 Å². The molecule has 1 amide bonds. The lowest BCUT2D eigenvalue weighted by Crippen LogP contribution is -2.13. The van der Waals surface area contributed by atoms with Gasteiger partial charge < -0.3 is 14.8 Å². The van der Waals surface area contributed by atoms with E-state index in [1.165, 1.54) is 11.5 Å². The fraction of sp³-hybridized carbons (Fsp3) is 0.133. The average molecular weight is 541 g/mol. The van der Waals surface area contributed by atoms with Crippen molar-refractivity contribution in [3.8, 4) is 17.6 Å². The molecule has 0 atom stereocenters. The minimum atomic E-state index is -0.478. The summed E-state index contributed by atoms with van der Waals surface area (Å²) in [5.41, 5.74) is 3.30. The van der Waals surface area contributed by atoms with Crippen molar-refractivity contribution in [3.63, 3.8) is 0 Å². The van der Waals surface area contributed by atoms with Crippen LogP contribution in [0.4, 0.5) is 5.69 Å². The molecule has 0 bridgehead atoms. The molecule has 36 heavy (non-hydrogen) atoms. The number of fused-ring (bicyclic) bond motifs is 1. The number of benzene rings is 4. The quantitative estimate of drug-likeness (QED) is 0.186. The van der Waals surface area contributed by atoms with Crippen LogP contribution in [0, 0.1) is 18.3 Å². The fourth-order valence-electron chi connectivity index (χ4n) is 3.79. The van der Waals surface area contributed by atoms with Crippen LogP contribution in [0.1, 0.15) is 23.6 Å². The van der Waals surface area contributed by atoms with Crippen LogP contribution in [-0.4, -0.2) is 12.5 Å². The van der Waals surface area contributed by atoms with Gasteiger partial charge in [0.15, 0.2) is 11.5 Å². The highest BCUT2D eigenvalue weighted by atomic mass is 79.9. The molecule has 0 aromatic heterocycles. The normalized spacial score (nSPS) is 11.1. The number of amides is 1. The molecular formula is C30H25BrN2O3. The zero-order valence-electron chi connectivity index (χ0n) is 20.0. The van der Waals surface area contributed by atoms with E-state index in [4.69, 9.17) is 9.47 Å². The van der Waals surface area contributed by atoms with Gasteiger partial charge in [-0.15, -0.1) is 0 Å². The first-order valence-electron chi connectivity index (χ1n) is 11.5. The molecule has 0 aliphatic rings. The van der Waals surface area contributed by atoms with Gasteiger partial charge in [0.25, 0.3) is 5.91 Å². The van der Waals surface area contributed by atoms with E-state index in [2.05, 4.69) is 45.5 Å². The predicted octanol–water partition coefficient (Wildman–Crippen LogP) is 7.43. The summed E-state index contributed by atoms with van der Waals surface area (Å²) in [6, 6.07) is 27.4. The maximum Gasteiger partial charge on any atom is 0.266 e. The van der Waals surface area contributed by atoms with E-state index < -0.39 is 5.91 Å². The van der Waals surface area contributed by atoms with Gasteiger partial charge in [-0.3, -0.25) is 4.79 Å². The second kappa shape index (κ2) is 11.6. The molecule has 6 heteroatoms. The molecule has 0 aliphatic heterocycles. The summed E-state index contributed by atoms with van der Waals surface area (Å²) in [7, 11) is 0. The average Bonchev–Trinajstić information content (AvgIpc) is 2.87. The van der Waals surface area contributed by atoms with Gasteiger partial charge in [-0.25, -0.2) is 0 Å². The Balaban J connectivity index is 1.56. The lowest BCUT2D eigenvalue weighted by Gasteiger charge is -2.15. The monoisotopic (exact) mass is 540 g/mol. The van der Waals surface area contributed by atoms with Crippen LogP contribution in [0.3, 0.4) is 0 Å². The minimum Gasteiger partial charge on any atom is -0.490 e. The molecule has 0 fully saturated rings. The van der Waals surface area contributed by atoms with Gasteiger partial charge in [-0.2, -0.15) is 5.26 Å². The molecular weight excluding hydrogens is 516 g/mol. The van der Waals surface area contributed by atoms with Crippen LogP contribution in [0.5, 0.6) is 11.5 Å². The Bertz CT molecular complexity index is 1490. The number of nitrogens with zero attached hydrogens (tertiary/aromatic N) is 1. The maximum absolute atomic E-state index is 12.7. The number of hydrogen-bond acceptors (Lipinski definition) is 4. The summed E-state index contributed by atoms with van der Waals surface area (Å²) in [6.45, 7) is 4.62. The van der Waals surface area contributed by atoms with E-state index in [1.54, 1.807) is 18.2 Å². The third kappa shape index (κ3) is 6.12. The molecule has 0 heterocycles. The van der Waals surface area contributed by atoms with Crippen molar-refractivity contribution >= 4 is 44.4 Å². The number of ether oxygens (including phenoxy) is 2. The van der Waals surface area contributed by atoms with Crippen molar-refractivity contribution in [3.05, 3.63) is 106 Å². The zero-order valence-corrected chi connectivity index (χ0v) is 21.6. The van der Waals surface area contributed by atoms with E-state index in [0.29, 0.717) is 40.4 Å². The summed E-state index contributed by atoms with van der Waals surface area (Å²) in [5, 5.41) is 14.7. The van der Waals surface area contributed by atoms with Gasteiger partial charge in [0.1, 0.15) is 18.2 Å². The molecule has 1 N–H and O–H groups in total. The summed E-state index contributed by atoms with van der Waals surface area (Å²) in [6.07, 6.45) is 1.53. The maximum atomic E-state index is 12.7. The molecule has 0 radical (unpaired) electrons. The summed E-state index contributed by atoms with van der Waals surface area (Å²) in [5.74, 6) is 0.606. The summed E-state index contributed by atoms with van der Waals surface area (Å²) >= 11 is 3.57. The topological polar surface area (TPSA) is 71.3 Å². The first-order valence-corrected chi connectivity index (χ1v) is 12.3. The van der Waals surface area contributed by atoms with Crippen molar-refractivity contribution in [2.45, 2.75) is 20.5 Å². The smallest absolute Gasteiger partial charge is 0.266 e. The number of halogens is 1. The van der Waals surface area contributed by atoms with Crippen LogP contribution < -0.4 is 14.8 Å². The van der Waals surface area contributed by atoms with Crippen molar-refractivity contribution in [2.24, 2.45) is 0 Å². The minimum absolute atomic E-state index is 0.0179. The Morgan fingerprint density at radius 1 is 1.00 bits per heavy atom. The highest BCUT2D eigenvalue weighted by Gasteiger charge is 2.15. The van der Waals surface area contributed by atoms with Crippen LogP contribution in [0.15, 0.2) is 88.9 Å². The third-order valence-electron chi connectivity index (χ3n) is 5.48. The summed E-state index contributed by atoms with van der Waals surface area (Å²) in [4.78, 5) is 12.7. The van der Waals surface area contributed by atoms with Gasteiger partial charge in [0.05, 0.1) is 11.1 Å². The van der Waals surface area contributed by atoms with Crippen molar-refractivity contribution in [1.82, 2.24) is 0 Å². The third-order valence-corrected chi connectivity index (χ3v) is 6.07. The number of nitriles is 1. The van der Waals surface area contributed by atoms with Gasteiger partial charge in [-0.1, -0.05) is 48.5 Å². The Kier molecular flexibility index (Phi) is 8.04. The van der Waals surface area contributed by atoms with Gasteiger partial charge in [0, 0.05) is 5.69 Å². The number of nitrogens with one attached hydrogen (secondary N) is 1. The van der Waals surface area contributed by atoms with Gasteiger partial charge >= 0.3 is 0 Å². The Hall–Kier alpha value is -4.08. The number of rotatable bonds is 8. The van der Waals surface area contributed by atoms with E-state index in [0.717, 1.165) is 16.5 Å². The first-order chi connectivity index (χ1) is 17.5. The highest BCUT2D eigenvalue weighted by molar-refractivity contribution is 9.10. The molecule has 4 aromatic carbocycles. The predicted molar refractivity (Wildman–Crippen MR) is 147 cm³/mol. The lowest BCUT2D eigenvalue weighted by atomic mass is 10.1. The highest BCUT2D eigenvalue weighted by Crippen LogP contribution is 2.38. The van der Waals surface area contributed by atoms with E-state index >= 15 is 0 Å². The van der Waals surface area contributed by atoms with Crippen LogP contribution in [-0.2, 0) is 11.4 Å². The van der Waals surface area contributed by atoms with E-state index in [9.17, 15) is 10.1 Å². The molecule has 0 saturated carbocycles. The Labute approximate surface area is 219 Å². The summed E-state index contributed by atoms with van der Waals surface area (Å²) < 4.78 is 12.6. The molecule has 5 nitrogen and oxygen atoms in total. The standard InChI is InChI=1S/C30H25BrN2O3/c1-3-35-28-17-22(15-25(18-32)30(34)33-26-10-6-7-20(2)13-26)16-27(31)29(28)36-19-21-11-12-23-8-4-5-9-24(23)14-21/h4-17H,3,19H2,1-2H3,(H,33,34)/b25-15+. The molecule has 0 aliphatic carbocycles. The van der Waals surface area contributed by atoms with E-state index in [-0.39, 0.29) is 5.57 Å². The van der Waals surface area contributed by atoms with Crippen LogP contribution >= 0.6 is 15.9 Å². The second-order valence-electron chi connectivity index (χ2n) is 8.23. The zero-order chi connectivity index (χ0) is 25.5. The Morgan fingerprint density at radius 3 is 2.56 bits per heavy atom.